The third-order valence-corrected chi connectivity index (χ3v) is 3.20. The summed E-state index contributed by atoms with van der Waals surface area (Å²) in [4.78, 5) is 13.2. The van der Waals surface area contributed by atoms with E-state index in [1.165, 1.54) is 0 Å². The summed E-state index contributed by atoms with van der Waals surface area (Å²) in [5, 5.41) is 19.1. The summed E-state index contributed by atoms with van der Waals surface area (Å²) < 4.78 is 0. The van der Waals surface area contributed by atoms with E-state index in [0.717, 1.165) is 19.4 Å². The van der Waals surface area contributed by atoms with Crippen molar-refractivity contribution in [3.63, 3.8) is 0 Å². The molecule has 0 aromatic carbocycles. The van der Waals surface area contributed by atoms with E-state index in [9.17, 15) is 15.0 Å². The Morgan fingerprint density at radius 3 is 2.50 bits per heavy atom. The minimum absolute atomic E-state index is 0.227. The van der Waals surface area contributed by atoms with Gasteiger partial charge in [-0.2, -0.15) is 0 Å². The van der Waals surface area contributed by atoms with E-state index in [0.29, 0.717) is 6.54 Å². The zero-order valence-corrected chi connectivity index (χ0v) is 10.7. The number of hydrogen-bond acceptors (Lipinski definition) is 3. The maximum atomic E-state index is 11.3. The van der Waals surface area contributed by atoms with Gasteiger partial charge in [0.2, 0.25) is 0 Å². The third-order valence-electron chi connectivity index (χ3n) is 3.20. The van der Waals surface area contributed by atoms with Gasteiger partial charge in [0.05, 0.1) is 5.60 Å². The number of nitrogens with zero attached hydrogens (tertiary/aromatic N) is 1. The Balaban J connectivity index is 2.85. The Labute approximate surface area is 97.3 Å². The Kier molecular flexibility index (Phi) is 3.65. The number of aliphatic carboxylic acids is 1. The van der Waals surface area contributed by atoms with Crippen LogP contribution in [0.2, 0.25) is 0 Å². The average molecular weight is 229 g/mol. The van der Waals surface area contributed by atoms with Crippen molar-refractivity contribution < 1.29 is 15.0 Å². The van der Waals surface area contributed by atoms with E-state index in [4.69, 9.17) is 0 Å². The van der Waals surface area contributed by atoms with Crippen LogP contribution in [0, 0.1) is 5.41 Å². The fourth-order valence-electron chi connectivity index (χ4n) is 2.66. The van der Waals surface area contributed by atoms with Gasteiger partial charge in [-0.1, -0.05) is 13.8 Å². The standard InChI is InChI=1S/C12H23NO3/c1-11(2)6-5-7-13(8-12(3,4)16)9(11)10(14)15/h9,16H,5-8H2,1-4H3,(H,14,15). The highest BCUT2D eigenvalue weighted by Crippen LogP contribution is 2.35. The molecule has 0 aromatic heterocycles. The summed E-state index contributed by atoms with van der Waals surface area (Å²) in [6, 6.07) is -0.493. The van der Waals surface area contributed by atoms with Crippen LogP contribution in [0.1, 0.15) is 40.5 Å². The fraction of sp³-hybridized carbons (Fsp3) is 0.917. The van der Waals surface area contributed by atoms with Crippen LogP contribution in [0.3, 0.4) is 0 Å². The number of carbonyl (C=O) groups is 1. The molecule has 1 aliphatic heterocycles. The molecule has 1 heterocycles. The van der Waals surface area contributed by atoms with Crippen LogP contribution in [0.5, 0.6) is 0 Å². The van der Waals surface area contributed by atoms with Gasteiger partial charge in [0, 0.05) is 6.54 Å². The number of piperidine rings is 1. The van der Waals surface area contributed by atoms with Gasteiger partial charge in [-0.05, 0) is 38.6 Å². The highest BCUT2D eigenvalue weighted by Gasteiger charge is 2.43. The fourth-order valence-corrected chi connectivity index (χ4v) is 2.66. The second kappa shape index (κ2) is 4.34. The Hall–Kier alpha value is -0.610. The molecule has 0 aromatic rings. The van der Waals surface area contributed by atoms with Crippen LogP contribution in [0.25, 0.3) is 0 Å². The lowest BCUT2D eigenvalue weighted by Crippen LogP contribution is -2.57. The highest BCUT2D eigenvalue weighted by atomic mass is 16.4. The average Bonchev–Trinajstić information content (AvgIpc) is 1.97. The molecule has 0 spiro atoms. The predicted molar refractivity (Wildman–Crippen MR) is 62.3 cm³/mol. The summed E-state index contributed by atoms with van der Waals surface area (Å²) in [7, 11) is 0. The number of aliphatic hydroxyl groups is 1. The molecule has 0 amide bonds. The molecule has 16 heavy (non-hydrogen) atoms. The molecule has 1 atom stereocenters. The maximum Gasteiger partial charge on any atom is 0.321 e. The Bertz CT molecular complexity index is 268. The summed E-state index contributed by atoms with van der Waals surface area (Å²) in [6.45, 7) is 8.57. The van der Waals surface area contributed by atoms with E-state index >= 15 is 0 Å². The first-order valence-corrected chi connectivity index (χ1v) is 5.83. The normalized spacial score (nSPS) is 26.7. The first-order chi connectivity index (χ1) is 7.13. The van der Waals surface area contributed by atoms with Crippen molar-refractivity contribution >= 4 is 5.97 Å². The summed E-state index contributed by atoms with van der Waals surface area (Å²) in [5.74, 6) is -0.783. The molecule has 1 unspecified atom stereocenters. The second-order valence-electron chi connectivity index (χ2n) is 6.12. The van der Waals surface area contributed by atoms with Crippen LogP contribution < -0.4 is 0 Å². The van der Waals surface area contributed by atoms with E-state index in [-0.39, 0.29) is 5.41 Å². The minimum Gasteiger partial charge on any atom is -0.480 e. The molecule has 2 N–H and O–H groups in total. The van der Waals surface area contributed by atoms with Crippen molar-refractivity contribution in [3.05, 3.63) is 0 Å². The van der Waals surface area contributed by atoms with E-state index in [1.807, 2.05) is 18.7 Å². The molecule has 1 fully saturated rings. The molecule has 94 valence electrons. The van der Waals surface area contributed by atoms with Gasteiger partial charge in [0.15, 0.2) is 0 Å². The third kappa shape index (κ3) is 3.19. The second-order valence-corrected chi connectivity index (χ2v) is 6.12. The van der Waals surface area contributed by atoms with Gasteiger partial charge < -0.3 is 10.2 Å². The van der Waals surface area contributed by atoms with Gasteiger partial charge in [0.1, 0.15) is 6.04 Å². The van der Waals surface area contributed by atoms with E-state index in [1.54, 1.807) is 13.8 Å². The molecule has 1 saturated heterocycles. The molecule has 0 bridgehead atoms. The summed E-state index contributed by atoms with van der Waals surface area (Å²) in [5.41, 5.74) is -1.07. The zero-order chi connectivity index (χ0) is 12.6. The molecular formula is C12H23NO3. The highest BCUT2D eigenvalue weighted by molar-refractivity contribution is 5.74. The number of likely N-dealkylation sites (tertiary alicyclic amines) is 1. The number of β-amino-alcohol motifs (C(OH)–C–C–N with tert-alkyl or cyclic N) is 1. The largest absolute Gasteiger partial charge is 0.480 e. The van der Waals surface area contributed by atoms with Crippen LogP contribution in [0.15, 0.2) is 0 Å². The monoisotopic (exact) mass is 229 g/mol. The SMILES string of the molecule is CC(C)(O)CN1CCCC(C)(C)C1C(=O)O. The lowest BCUT2D eigenvalue weighted by atomic mass is 9.76. The van der Waals surface area contributed by atoms with Crippen molar-refractivity contribution in [2.75, 3.05) is 13.1 Å². The molecule has 1 aliphatic rings. The van der Waals surface area contributed by atoms with Crippen LogP contribution >= 0.6 is 0 Å². The number of rotatable bonds is 3. The summed E-state index contributed by atoms with van der Waals surface area (Å²) in [6.07, 6.45) is 1.92. The Morgan fingerprint density at radius 1 is 1.50 bits per heavy atom. The summed E-state index contributed by atoms with van der Waals surface area (Å²) >= 11 is 0. The lowest BCUT2D eigenvalue weighted by molar-refractivity contribution is -0.152. The minimum atomic E-state index is -0.846. The van der Waals surface area contributed by atoms with Crippen molar-refractivity contribution in [1.82, 2.24) is 4.90 Å². The van der Waals surface area contributed by atoms with Crippen LogP contribution in [0.4, 0.5) is 0 Å². The first-order valence-electron chi connectivity index (χ1n) is 5.83. The first kappa shape index (κ1) is 13.5. The topological polar surface area (TPSA) is 60.8 Å². The Morgan fingerprint density at radius 2 is 2.06 bits per heavy atom. The smallest absolute Gasteiger partial charge is 0.321 e. The van der Waals surface area contributed by atoms with Crippen molar-refractivity contribution in [1.29, 1.82) is 0 Å². The molecule has 4 nitrogen and oxygen atoms in total. The molecule has 4 heteroatoms. The lowest BCUT2D eigenvalue weighted by Gasteiger charge is -2.45. The molecule has 1 rings (SSSR count). The van der Waals surface area contributed by atoms with Gasteiger partial charge in [0.25, 0.3) is 0 Å². The predicted octanol–water partition coefficient (Wildman–Crippen LogP) is 1.33. The zero-order valence-electron chi connectivity index (χ0n) is 10.7. The molecule has 0 radical (unpaired) electrons. The quantitative estimate of drug-likeness (QED) is 0.766. The van der Waals surface area contributed by atoms with Gasteiger partial charge in [-0.25, -0.2) is 0 Å². The van der Waals surface area contributed by atoms with Crippen molar-refractivity contribution in [2.45, 2.75) is 52.2 Å². The number of hydrogen-bond donors (Lipinski definition) is 2. The van der Waals surface area contributed by atoms with Gasteiger partial charge in [-0.15, -0.1) is 0 Å². The van der Waals surface area contributed by atoms with Gasteiger partial charge >= 0.3 is 5.97 Å². The maximum absolute atomic E-state index is 11.3. The number of carboxylic acid groups (broad SMARTS) is 1. The van der Waals surface area contributed by atoms with Crippen molar-refractivity contribution in [3.8, 4) is 0 Å². The van der Waals surface area contributed by atoms with Crippen LogP contribution in [-0.2, 0) is 4.79 Å². The molecule has 0 saturated carbocycles. The molecular weight excluding hydrogens is 206 g/mol. The van der Waals surface area contributed by atoms with Crippen molar-refractivity contribution in [2.24, 2.45) is 5.41 Å². The van der Waals surface area contributed by atoms with E-state index in [2.05, 4.69) is 0 Å². The van der Waals surface area contributed by atoms with Crippen LogP contribution in [-0.4, -0.2) is 45.8 Å². The molecule has 0 aliphatic carbocycles. The van der Waals surface area contributed by atoms with E-state index < -0.39 is 17.6 Å². The van der Waals surface area contributed by atoms with Gasteiger partial charge in [-0.3, -0.25) is 9.69 Å². The number of carboxylic acids is 1.